The van der Waals surface area contributed by atoms with Gasteiger partial charge in [0, 0.05) is 5.39 Å². The van der Waals surface area contributed by atoms with Gasteiger partial charge in [-0.15, -0.1) is 0 Å². The first-order chi connectivity index (χ1) is 8.91. The molecular weight excluding hydrogens is 312 g/mol. The molecule has 1 aromatic carbocycles. The van der Waals surface area contributed by atoms with Gasteiger partial charge in [0.2, 0.25) is 0 Å². The summed E-state index contributed by atoms with van der Waals surface area (Å²) in [5, 5.41) is 20.9. The molecule has 2 aromatic rings. The summed E-state index contributed by atoms with van der Waals surface area (Å²) in [7, 11) is 0. The molecule has 0 radical (unpaired) electrons. The van der Waals surface area contributed by atoms with E-state index in [4.69, 9.17) is 0 Å². The van der Waals surface area contributed by atoms with E-state index >= 15 is 0 Å². The number of carbonyl (C=O) groups excluding carboxylic acids is 2. The quantitative estimate of drug-likeness (QED) is 0.569. The van der Waals surface area contributed by atoms with Crippen LogP contribution < -0.4 is 10.2 Å². The van der Waals surface area contributed by atoms with E-state index < -0.39 is 11.9 Å². The Bertz CT molecular complexity index is 628. The maximum atomic E-state index is 10.5. The molecule has 0 aliphatic heterocycles. The fraction of sp³-hybridized carbons (Fsp3) is 0.0714. The van der Waals surface area contributed by atoms with Gasteiger partial charge in [-0.1, -0.05) is 30.8 Å². The fourth-order valence-electron chi connectivity index (χ4n) is 1.18. The second-order valence-electron chi connectivity index (χ2n) is 3.74. The molecule has 5 nitrogen and oxygen atoms in total. The number of carboxylic acids is 2. The Labute approximate surface area is 128 Å². The Balaban J connectivity index is 0.000000448. The summed E-state index contributed by atoms with van der Waals surface area (Å²) in [5.41, 5.74) is 0.706. The van der Waals surface area contributed by atoms with Gasteiger partial charge < -0.3 is 19.8 Å². The molecule has 0 saturated heterocycles. The second-order valence-corrected chi connectivity index (χ2v) is 3.74. The summed E-state index contributed by atoms with van der Waals surface area (Å²) >= 11 is 0. The maximum Gasteiger partial charge on any atom is 2.00 e. The standard InChI is InChI=1S/C10H7NO2.C4H6O2.Zn/c12-10(13)9-6-5-7-3-1-2-4-8(7)11-9;1-3(2)4(5)6;/h1-6H,(H,12,13);1H2,2H3,(H,5,6);/q;;+2/p-2. The topological polar surface area (TPSA) is 93.1 Å². The summed E-state index contributed by atoms with van der Waals surface area (Å²) in [5.74, 6) is -2.43. The first-order valence-corrected chi connectivity index (χ1v) is 5.36. The van der Waals surface area contributed by atoms with E-state index in [1.54, 1.807) is 12.1 Å². The number of nitrogens with zero attached hydrogens (tertiary/aromatic N) is 1. The number of carbonyl (C=O) groups is 2. The molecular formula is C14H11NO4Zn. The van der Waals surface area contributed by atoms with Crippen LogP contribution in [0.5, 0.6) is 0 Å². The average molecular weight is 323 g/mol. The first-order valence-electron chi connectivity index (χ1n) is 5.36. The number of aromatic nitrogens is 1. The minimum absolute atomic E-state index is 0. The van der Waals surface area contributed by atoms with Crippen LogP contribution in [0.1, 0.15) is 17.4 Å². The third kappa shape index (κ3) is 5.28. The average Bonchev–Trinajstić information content (AvgIpc) is 2.38. The van der Waals surface area contributed by atoms with Gasteiger partial charge >= 0.3 is 19.5 Å². The number of aromatic carboxylic acids is 1. The molecule has 0 N–H and O–H groups in total. The minimum atomic E-state index is -1.24. The molecule has 2 rings (SSSR count). The summed E-state index contributed by atoms with van der Waals surface area (Å²) in [6.07, 6.45) is 0. The van der Waals surface area contributed by atoms with Gasteiger partial charge in [-0.2, -0.15) is 0 Å². The molecule has 1 heterocycles. The van der Waals surface area contributed by atoms with Gasteiger partial charge in [0.05, 0.1) is 23.1 Å². The smallest absolute Gasteiger partial charge is 0.545 e. The molecule has 0 saturated carbocycles. The predicted molar refractivity (Wildman–Crippen MR) is 65.9 cm³/mol. The van der Waals surface area contributed by atoms with Crippen molar-refractivity contribution < 1.29 is 39.3 Å². The van der Waals surface area contributed by atoms with Crippen molar-refractivity contribution in [2.75, 3.05) is 0 Å². The van der Waals surface area contributed by atoms with Gasteiger partial charge in [0.25, 0.3) is 0 Å². The van der Waals surface area contributed by atoms with Crippen molar-refractivity contribution in [3.05, 3.63) is 54.2 Å². The van der Waals surface area contributed by atoms with Crippen LogP contribution in [0.15, 0.2) is 48.6 Å². The van der Waals surface area contributed by atoms with Gasteiger partial charge in [0.15, 0.2) is 0 Å². The largest absolute Gasteiger partial charge is 2.00 e. The second kappa shape index (κ2) is 8.17. The van der Waals surface area contributed by atoms with E-state index in [0.717, 1.165) is 5.39 Å². The van der Waals surface area contributed by atoms with Crippen molar-refractivity contribution >= 4 is 22.8 Å². The number of carboxylic acid groups (broad SMARTS) is 2. The molecule has 0 unspecified atom stereocenters. The fourth-order valence-corrected chi connectivity index (χ4v) is 1.18. The summed E-state index contributed by atoms with van der Waals surface area (Å²) in [6, 6.07) is 10.5. The van der Waals surface area contributed by atoms with Crippen molar-refractivity contribution in [3.8, 4) is 0 Å². The molecule has 0 aliphatic carbocycles. The van der Waals surface area contributed by atoms with Gasteiger partial charge in [-0.3, -0.25) is 0 Å². The van der Waals surface area contributed by atoms with E-state index in [2.05, 4.69) is 11.6 Å². The van der Waals surface area contributed by atoms with Gasteiger partial charge in [-0.25, -0.2) is 4.98 Å². The van der Waals surface area contributed by atoms with Crippen LogP contribution in [-0.2, 0) is 24.3 Å². The van der Waals surface area contributed by atoms with Crippen molar-refractivity contribution in [1.29, 1.82) is 0 Å². The monoisotopic (exact) mass is 321 g/mol. The first kappa shape index (κ1) is 17.9. The van der Waals surface area contributed by atoms with Crippen LogP contribution in [0, 0.1) is 0 Å². The molecule has 0 aliphatic rings. The number of fused-ring (bicyclic) bond motifs is 1. The Morgan fingerprint density at radius 3 is 2.15 bits per heavy atom. The van der Waals surface area contributed by atoms with Crippen molar-refractivity contribution in [1.82, 2.24) is 4.98 Å². The van der Waals surface area contributed by atoms with E-state index in [-0.39, 0.29) is 30.7 Å². The molecule has 6 heteroatoms. The predicted octanol–water partition coefficient (Wildman–Crippen LogP) is -0.0918. The van der Waals surface area contributed by atoms with Crippen LogP contribution in [-0.4, -0.2) is 16.9 Å². The zero-order valence-electron chi connectivity index (χ0n) is 11.0. The van der Waals surface area contributed by atoms with Crippen LogP contribution in [0.4, 0.5) is 0 Å². The molecule has 0 bridgehead atoms. The van der Waals surface area contributed by atoms with E-state index in [9.17, 15) is 19.8 Å². The number of pyridine rings is 1. The zero-order valence-corrected chi connectivity index (χ0v) is 13.9. The maximum absolute atomic E-state index is 10.5. The van der Waals surface area contributed by atoms with Crippen LogP contribution in [0.25, 0.3) is 10.9 Å². The Hall–Kier alpha value is -2.07. The molecule has 0 fully saturated rings. The van der Waals surface area contributed by atoms with Crippen LogP contribution in [0.2, 0.25) is 0 Å². The number of aliphatic carboxylic acids is 1. The zero-order chi connectivity index (χ0) is 14.4. The van der Waals surface area contributed by atoms with Crippen molar-refractivity contribution in [2.24, 2.45) is 0 Å². The normalized spacial score (nSPS) is 8.85. The minimum Gasteiger partial charge on any atom is -0.545 e. The number of benzene rings is 1. The van der Waals surface area contributed by atoms with Crippen LogP contribution >= 0.6 is 0 Å². The van der Waals surface area contributed by atoms with E-state index in [0.29, 0.717) is 5.52 Å². The third-order valence-corrected chi connectivity index (χ3v) is 2.16. The Morgan fingerprint density at radius 1 is 1.10 bits per heavy atom. The van der Waals surface area contributed by atoms with Gasteiger partial charge in [0.1, 0.15) is 0 Å². The molecule has 0 amide bonds. The summed E-state index contributed by atoms with van der Waals surface area (Å²) < 4.78 is 0. The number of hydrogen-bond acceptors (Lipinski definition) is 5. The van der Waals surface area contributed by atoms with Crippen molar-refractivity contribution in [3.63, 3.8) is 0 Å². The molecule has 1 aromatic heterocycles. The summed E-state index contributed by atoms with van der Waals surface area (Å²) in [4.78, 5) is 23.9. The molecule has 20 heavy (non-hydrogen) atoms. The third-order valence-electron chi connectivity index (χ3n) is 2.16. The Kier molecular flexibility index (Phi) is 7.33. The van der Waals surface area contributed by atoms with Crippen LogP contribution in [0.3, 0.4) is 0 Å². The van der Waals surface area contributed by atoms with E-state index in [1.165, 1.54) is 13.0 Å². The SMILES string of the molecule is C=C(C)C(=O)[O-].O=C([O-])c1ccc2ccccc2n1.[Zn+2]. The molecule has 0 atom stereocenters. The Morgan fingerprint density at radius 2 is 1.65 bits per heavy atom. The van der Waals surface area contributed by atoms with Crippen molar-refractivity contribution in [2.45, 2.75) is 6.92 Å². The molecule has 0 spiro atoms. The number of para-hydroxylation sites is 1. The molecule has 98 valence electrons. The van der Waals surface area contributed by atoms with Gasteiger partial charge in [-0.05, 0) is 24.6 Å². The number of hydrogen-bond donors (Lipinski definition) is 0. The number of rotatable bonds is 2. The van der Waals surface area contributed by atoms with E-state index in [1.807, 2.05) is 18.2 Å². The summed E-state index contributed by atoms with van der Waals surface area (Å²) in [6.45, 7) is 4.48.